The lowest BCUT2D eigenvalue weighted by atomic mass is 9.85. The van der Waals surface area contributed by atoms with Crippen molar-refractivity contribution in [2.75, 3.05) is 0 Å². The van der Waals surface area contributed by atoms with Crippen molar-refractivity contribution in [3.8, 4) is 0 Å². The van der Waals surface area contributed by atoms with Gasteiger partial charge in [-0.2, -0.15) is 0 Å². The largest absolute Gasteiger partial charge is 0.337 e. The highest BCUT2D eigenvalue weighted by atomic mass is 15.0. The van der Waals surface area contributed by atoms with Crippen LogP contribution in [0.1, 0.15) is 25.0 Å². The fourth-order valence-corrected chi connectivity index (χ4v) is 1.55. The number of hydrogen-bond donors (Lipinski definition) is 0. The summed E-state index contributed by atoms with van der Waals surface area (Å²) in [7, 11) is 0. The first kappa shape index (κ1) is 6.89. The predicted molar refractivity (Wildman–Crippen MR) is 44.3 cm³/mol. The van der Waals surface area contributed by atoms with Gasteiger partial charge < -0.3 is 4.57 Å². The van der Waals surface area contributed by atoms with Crippen LogP contribution < -0.4 is 0 Å². The Kier molecular flexibility index (Phi) is 1.68. The van der Waals surface area contributed by atoms with Gasteiger partial charge in [0.2, 0.25) is 0 Å². The van der Waals surface area contributed by atoms with E-state index in [4.69, 9.17) is 0 Å². The molecular formula is C9H14N2. The van der Waals surface area contributed by atoms with Gasteiger partial charge in [-0.3, -0.25) is 0 Å². The Morgan fingerprint density at radius 3 is 2.91 bits per heavy atom. The maximum Gasteiger partial charge on any atom is 0.0949 e. The van der Waals surface area contributed by atoms with Gasteiger partial charge in [0.05, 0.1) is 12.0 Å². The van der Waals surface area contributed by atoms with E-state index in [2.05, 4.69) is 15.7 Å². The van der Waals surface area contributed by atoms with Crippen LogP contribution in [0.3, 0.4) is 0 Å². The Hall–Kier alpha value is -0.790. The molecule has 0 atom stereocenters. The van der Waals surface area contributed by atoms with E-state index in [0.717, 1.165) is 11.6 Å². The highest BCUT2D eigenvalue weighted by Crippen LogP contribution is 2.27. The average Bonchev–Trinajstić information content (AvgIpc) is 2.27. The molecule has 0 spiro atoms. The normalized spacial score (nSPS) is 18.3. The Morgan fingerprint density at radius 2 is 2.45 bits per heavy atom. The standard InChI is InChI=1S/C9H14N2/c1-8-5-11(7-10-8)6-9-3-2-4-9/h5,7,9H,2-4,6H2,1H3. The summed E-state index contributed by atoms with van der Waals surface area (Å²) in [5.41, 5.74) is 1.13. The van der Waals surface area contributed by atoms with Crippen LogP contribution in [-0.2, 0) is 6.54 Å². The lowest BCUT2D eigenvalue weighted by molar-refractivity contribution is 0.276. The van der Waals surface area contributed by atoms with Gasteiger partial charge in [0.1, 0.15) is 0 Å². The summed E-state index contributed by atoms with van der Waals surface area (Å²) >= 11 is 0. The van der Waals surface area contributed by atoms with Crippen molar-refractivity contribution in [3.05, 3.63) is 18.2 Å². The van der Waals surface area contributed by atoms with Gasteiger partial charge in [0.25, 0.3) is 0 Å². The summed E-state index contributed by atoms with van der Waals surface area (Å²) in [5.74, 6) is 0.934. The van der Waals surface area contributed by atoms with Gasteiger partial charge in [-0.25, -0.2) is 4.98 Å². The average molecular weight is 150 g/mol. The summed E-state index contributed by atoms with van der Waals surface area (Å²) in [5, 5.41) is 0. The van der Waals surface area contributed by atoms with Crippen LogP contribution in [-0.4, -0.2) is 9.55 Å². The zero-order valence-electron chi connectivity index (χ0n) is 6.95. The molecule has 1 aliphatic carbocycles. The molecule has 0 N–H and O–H groups in total. The van der Waals surface area contributed by atoms with Crippen molar-refractivity contribution in [3.63, 3.8) is 0 Å². The molecule has 0 aliphatic heterocycles. The van der Waals surface area contributed by atoms with Crippen LogP contribution in [0.25, 0.3) is 0 Å². The second-order valence-corrected chi connectivity index (χ2v) is 3.51. The molecule has 0 radical (unpaired) electrons. The van der Waals surface area contributed by atoms with Crippen LogP contribution in [0.2, 0.25) is 0 Å². The van der Waals surface area contributed by atoms with Gasteiger partial charge in [-0.1, -0.05) is 6.42 Å². The van der Waals surface area contributed by atoms with Gasteiger partial charge >= 0.3 is 0 Å². The number of rotatable bonds is 2. The van der Waals surface area contributed by atoms with Crippen LogP contribution >= 0.6 is 0 Å². The second-order valence-electron chi connectivity index (χ2n) is 3.51. The Balaban J connectivity index is 1.95. The first-order valence-corrected chi connectivity index (χ1v) is 4.33. The third-order valence-electron chi connectivity index (χ3n) is 2.46. The number of imidazole rings is 1. The highest BCUT2D eigenvalue weighted by Gasteiger charge is 2.17. The molecule has 1 fully saturated rings. The van der Waals surface area contributed by atoms with E-state index in [0.29, 0.717) is 0 Å². The number of aryl methyl sites for hydroxylation is 1. The van der Waals surface area contributed by atoms with Crippen molar-refractivity contribution >= 4 is 0 Å². The molecule has 11 heavy (non-hydrogen) atoms. The zero-order chi connectivity index (χ0) is 7.68. The lowest BCUT2D eigenvalue weighted by Gasteiger charge is -2.25. The molecule has 2 rings (SSSR count). The molecule has 2 nitrogen and oxygen atoms in total. The Labute approximate surface area is 67.3 Å². The minimum absolute atomic E-state index is 0.934. The van der Waals surface area contributed by atoms with Gasteiger partial charge in [0.15, 0.2) is 0 Å². The van der Waals surface area contributed by atoms with Crippen molar-refractivity contribution in [2.45, 2.75) is 32.7 Å². The maximum atomic E-state index is 4.19. The third kappa shape index (κ3) is 1.44. The molecule has 2 heteroatoms. The van der Waals surface area contributed by atoms with Crippen molar-refractivity contribution in [1.29, 1.82) is 0 Å². The van der Waals surface area contributed by atoms with Crippen LogP contribution in [0.4, 0.5) is 0 Å². The summed E-state index contributed by atoms with van der Waals surface area (Å²) in [6.07, 6.45) is 8.32. The van der Waals surface area contributed by atoms with Crippen molar-refractivity contribution < 1.29 is 0 Å². The Bertz CT molecular complexity index is 235. The third-order valence-corrected chi connectivity index (χ3v) is 2.46. The topological polar surface area (TPSA) is 17.8 Å². The quantitative estimate of drug-likeness (QED) is 0.630. The molecule has 0 saturated heterocycles. The minimum Gasteiger partial charge on any atom is -0.337 e. The molecule has 1 saturated carbocycles. The minimum atomic E-state index is 0.934. The molecule has 0 unspecified atom stereocenters. The lowest BCUT2D eigenvalue weighted by Crippen LogP contribution is -2.16. The molecule has 1 aromatic heterocycles. The van der Waals surface area contributed by atoms with E-state index < -0.39 is 0 Å². The van der Waals surface area contributed by atoms with E-state index in [1.165, 1.54) is 25.8 Å². The van der Waals surface area contributed by atoms with E-state index in [1.807, 2.05) is 13.3 Å². The van der Waals surface area contributed by atoms with Gasteiger partial charge in [0, 0.05) is 12.7 Å². The molecule has 0 bridgehead atoms. The second kappa shape index (κ2) is 2.68. The molecule has 1 heterocycles. The van der Waals surface area contributed by atoms with Crippen LogP contribution in [0.5, 0.6) is 0 Å². The van der Waals surface area contributed by atoms with Crippen molar-refractivity contribution in [1.82, 2.24) is 9.55 Å². The van der Waals surface area contributed by atoms with Crippen LogP contribution in [0, 0.1) is 12.8 Å². The number of aromatic nitrogens is 2. The van der Waals surface area contributed by atoms with Crippen molar-refractivity contribution in [2.24, 2.45) is 5.92 Å². The molecule has 0 amide bonds. The smallest absolute Gasteiger partial charge is 0.0949 e. The fraction of sp³-hybridized carbons (Fsp3) is 0.667. The SMILES string of the molecule is Cc1cn(CC2CCC2)cn1. The molecule has 60 valence electrons. The summed E-state index contributed by atoms with van der Waals surface area (Å²) in [4.78, 5) is 4.19. The fourth-order valence-electron chi connectivity index (χ4n) is 1.55. The predicted octanol–water partition coefficient (Wildman–Crippen LogP) is 1.99. The molecular weight excluding hydrogens is 136 g/mol. The molecule has 1 aliphatic rings. The molecule has 0 aromatic carbocycles. The monoisotopic (exact) mass is 150 g/mol. The highest BCUT2D eigenvalue weighted by molar-refractivity contribution is 4.92. The van der Waals surface area contributed by atoms with E-state index in [9.17, 15) is 0 Å². The van der Waals surface area contributed by atoms with Gasteiger partial charge in [-0.15, -0.1) is 0 Å². The van der Waals surface area contributed by atoms with E-state index in [1.54, 1.807) is 0 Å². The summed E-state index contributed by atoms with van der Waals surface area (Å²) < 4.78 is 2.21. The number of nitrogens with zero attached hydrogens (tertiary/aromatic N) is 2. The first-order chi connectivity index (χ1) is 5.34. The van der Waals surface area contributed by atoms with E-state index in [-0.39, 0.29) is 0 Å². The summed E-state index contributed by atoms with van der Waals surface area (Å²) in [6, 6.07) is 0. The van der Waals surface area contributed by atoms with Crippen LogP contribution in [0.15, 0.2) is 12.5 Å². The maximum absolute atomic E-state index is 4.19. The number of hydrogen-bond acceptors (Lipinski definition) is 1. The molecule has 1 aromatic rings. The first-order valence-electron chi connectivity index (χ1n) is 4.33. The Morgan fingerprint density at radius 1 is 1.64 bits per heavy atom. The summed E-state index contributed by atoms with van der Waals surface area (Å²) in [6.45, 7) is 3.22. The zero-order valence-corrected chi connectivity index (χ0v) is 6.95. The van der Waals surface area contributed by atoms with E-state index >= 15 is 0 Å². The van der Waals surface area contributed by atoms with Gasteiger partial charge in [-0.05, 0) is 25.7 Å².